The summed E-state index contributed by atoms with van der Waals surface area (Å²) < 4.78 is 0. The summed E-state index contributed by atoms with van der Waals surface area (Å²) in [6, 6.07) is 10.6. The summed E-state index contributed by atoms with van der Waals surface area (Å²) >= 11 is 0. The standard InChI is InChI=1S/C18H24N2O3/c21-17(22)15-9-10-20(12-15)18(23)19-16-8-4-7-14(11-16)13-5-2-1-3-6-13/h1-3,5-6,14-16H,4,7-12H2,(H,19,23)(H,21,22). The molecular weight excluding hydrogens is 292 g/mol. The van der Waals surface area contributed by atoms with Crippen molar-refractivity contribution >= 4 is 12.0 Å². The normalized spacial score (nSPS) is 27.7. The molecule has 1 heterocycles. The molecular formula is C18H24N2O3. The van der Waals surface area contributed by atoms with E-state index in [1.807, 2.05) is 6.07 Å². The van der Waals surface area contributed by atoms with E-state index in [2.05, 4.69) is 29.6 Å². The number of rotatable bonds is 3. The molecule has 1 aromatic rings. The molecule has 1 aliphatic carbocycles. The van der Waals surface area contributed by atoms with Crippen LogP contribution in [0, 0.1) is 5.92 Å². The molecule has 124 valence electrons. The number of carbonyl (C=O) groups excluding carboxylic acids is 1. The summed E-state index contributed by atoms with van der Waals surface area (Å²) in [5, 5.41) is 12.2. The molecule has 5 heteroatoms. The molecule has 0 bridgehead atoms. The van der Waals surface area contributed by atoms with Crippen LogP contribution in [0.15, 0.2) is 30.3 Å². The van der Waals surface area contributed by atoms with Crippen molar-refractivity contribution in [1.29, 1.82) is 0 Å². The van der Waals surface area contributed by atoms with Crippen molar-refractivity contribution in [3.63, 3.8) is 0 Å². The topological polar surface area (TPSA) is 69.6 Å². The van der Waals surface area contributed by atoms with Gasteiger partial charge in [0.05, 0.1) is 5.92 Å². The highest BCUT2D eigenvalue weighted by molar-refractivity contribution is 5.77. The molecule has 5 nitrogen and oxygen atoms in total. The number of benzene rings is 1. The first kappa shape index (κ1) is 15.8. The van der Waals surface area contributed by atoms with Gasteiger partial charge in [-0.05, 0) is 37.2 Å². The number of amides is 2. The number of nitrogens with zero attached hydrogens (tertiary/aromatic N) is 1. The van der Waals surface area contributed by atoms with Crippen LogP contribution in [0.5, 0.6) is 0 Å². The Hall–Kier alpha value is -2.04. The Morgan fingerprint density at radius 1 is 1.13 bits per heavy atom. The van der Waals surface area contributed by atoms with Crippen LogP contribution in [0.1, 0.15) is 43.6 Å². The number of carboxylic acid groups (broad SMARTS) is 1. The SMILES string of the molecule is O=C(O)C1CCN(C(=O)NC2CCCC(c3ccccc3)C2)C1. The highest BCUT2D eigenvalue weighted by Crippen LogP contribution is 2.32. The Kier molecular flexibility index (Phi) is 4.84. The second-order valence-electron chi connectivity index (χ2n) is 6.69. The predicted molar refractivity (Wildman–Crippen MR) is 87.3 cm³/mol. The monoisotopic (exact) mass is 316 g/mol. The summed E-state index contributed by atoms with van der Waals surface area (Å²) in [7, 11) is 0. The fourth-order valence-electron chi connectivity index (χ4n) is 3.76. The van der Waals surface area contributed by atoms with Crippen molar-refractivity contribution in [3.05, 3.63) is 35.9 Å². The van der Waals surface area contributed by atoms with Gasteiger partial charge in [-0.25, -0.2) is 4.79 Å². The number of aliphatic carboxylic acids is 1. The van der Waals surface area contributed by atoms with Crippen LogP contribution < -0.4 is 5.32 Å². The average Bonchev–Trinajstić information content (AvgIpc) is 3.06. The van der Waals surface area contributed by atoms with Gasteiger partial charge < -0.3 is 15.3 Å². The molecule has 3 atom stereocenters. The Labute approximate surface area is 136 Å². The third kappa shape index (κ3) is 3.84. The molecule has 0 aromatic heterocycles. The molecule has 1 aromatic carbocycles. The van der Waals surface area contributed by atoms with Gasteiger partial charge in [0.25, 0.3) is 0 Å². The quantitative estimate of drug-likeness (QED) is 0.901. The lowest BCUT2D eigenvalue weighted by Crippen LogP contribution is -2.45. The van der Waals surface area contributed by atoms with E-state index >= 15 is 0 Å². The van der Waals surface area contributed by atoms with Crippen LogP contribution in [0.3, 0.4) is 0 Å². The lowest BCUT2D eigenvalue weighted by atomic mass is 9.81. The Balaban J connectivity index is 1.54. The van der Waals surface area contributed by atoms with Gasteiger partial charge in [-0.2, -0.15) is 0 Å². The largest absolute Gasteiger partial charge is 0.481 e. The van der Waals surface area contributed by atoms with E-state index < -0.39 is 11.9 Å². The molecule has 0 radical (unpaired) electrons. The van der Waals surface area contributed by atoms with Crippen LogP contribution in [-0.4, -0.2) is 41.1 Å². The van der Waals surface area contributed by atoms with E-state index in [1.165, 1.54) is 12.0 Å². The molecule has 1 aliphatic heterocycles. The number of likely N-dealkylation sites (tertiary alicyclic amines) is 1. The Bertz CT molecular complexity index is 561. The summed E-state index contributed by atoms with van der Waals surface area (Å²) in [4.78, 5) is 25.0. The molecule has 23 heavy (non-hydrogen) atoms. The number of urea groups is 1. The second-order valence-corrected chi connectivity index (χ2v) is 6.69. The van der Waals surface area contributed by atoms with Crippen LogP contribution in [0.25, 0.3) is 0 Å². The van der Waals surface area contributed by atoms with Gasteiger partial charge in [0.15, 0.2) is 0 Å². The minimum absolute atomic E-state index is 0.104. The van der Waals surface area contributed by atoms with Gasteiger partial charge in [-0.15, -0.1) is 0 Å². The van der Waals surface area contributed by atoms with E-state index in [4.69, 9.17) is 5.11 Å². The van der Waals surface area contributed by atoms with Crippen molar-refractivity contribution in [3.8, 4) is 0 Å². The highest BCUT2D eigenvalue weighted by atomic mass is 16.4. The fraction of sp³-hybridized carbons (Fsp3) is 0.556. The zero-order chi connectivity index (χ0) is 16.2. The Morgan fingerprint density at radius 3 is 2.61 bits per heavy atom. The van der Waals surface area contributed by atoms with E-state index in [-0.39, 0.29) is 12.1 Å². The number of carbonyl (C=O) groups is 2. The first-order chi connectivity index (χ1) is 11.1. The van der Waals surface area contributed by atoms with E-state index in [9.17, 15) is 9.59 Å². The van der Waals surface area contributed by atoms with Crippen molar-refractivity contribution in [2.24, 2.45) is 5.92 Å². The molecule has 0 spiro atoms. The molecule has 1 saturated heterocycles. The minimum atomic E-state index is -0.804. The molecule has 2 N–H and O–H groups in total. The fourth-order valence-corrected chi connectivity index (χ4v) is 3.76. The van der Waals surface area contributed by atoms with E-state index in [1.54, 1.807) is 4.90 Å². The zero-order valence-electron chi connectivity index (χ0n) is 13.3. The number of hydrogen-bond acceptors (Lipinski definition) is 2. The first-order valence-electron chi connectivity index (χ1n) is 8.46. The third-order valence-electron chi connectivity index (χ3n) is 5.10. The van der Waals surface area contributed by atoms with Gasteiger partial charge in [-0.1, -0.05) is 36.8 Å². The van der Waals surface area contributed by atoms with Gasteiger partial charge in [0.1, 0.15) is 0 Å². The lowest BCUT2D eigenvalue weighted by Gasteiger charge is -2.31. The van der Waals surface area contributed by atoms with Crippen molar-refractivity contribution in [2.45, 2.75) is 44.1 Å². The van der Waals surface area contributed by atoms with E-state index in [0.717, 1.165) is 19.3 Å². The molecule has 1 saturated carbocycles. The predicted octanol–water partition coefficient (Wildman–Crippen LogP) is 2.83. The Morgan fingerprint density at radius 2 is 1.91 bits per heavy atom. The molecule has 3 unspecified atom stereocenters. The van der Waals surface area contributed by atoms with Gasteiger partial charge in [-0.3, -0.25) is 4.79 Å². The van der Waals surface area contributed by atoms with Gasteiger partial charge in [0, 0.05) is 19.1 Å². The van der Waals surface area contributed by atoms with Crippen LogP contribution in [0.4, 0.5) is 4.79 Å². The van der Waals surface area contributed by atoms with E-state index in [0.29, 0.717) is 25.4 Å². The maximum atomic E-state index is 12.3. The van der Waals surface area contributed by atoms with Crippen LogP contribution in [0.2, 0.25) is 0 Å². The maximum Gasteiger partial charge on any atom is 0.317 e. The number of nitrogens with one attached hydrogen (secondary N) is 1. The van der Waals surface area contributed by atoms with Crippen molar-refractivity contribution in [2.75, 3.05) is 13.1 Å². The smallest absolute Gasteiger partial charge is 0.317 e. The second kappa shape index (κ2) is 7.02. The zero-order valence-corrected chi connectivity index (χ0v) is 13.3. The van der Waals surface area contributed by atoms with Crippen LogP contribution >= 0.6 is 0 Å². The highest BCUT2D eigenvalue weighted by Gasteiger charge is 2.32. The summed E-state index contributed by atoms with van der Waals surface area (Å²) in [6.07, 6.45) is 4.81. The number of carboxylic acids is 1. The minimum Gasteiger partial charge on any atom is -0.481 e. The van der Waals surface area contributed by atoms with Gasteiger partial charge in [0.2, 0.25) is 0 Å². The summed E-state index contributed by atoms with van der Waals surface area (Å²) in [5.41, 5.74) is 1.35. The van der Waals surface area contributed by atoms with Crippen molar-refractivity contribution < 1.29 is 14.7 Å². The lowest BCUT2D eigenvalue weighted by molar-refractivity contribution is -0.141. The maximum absolute atomic E-state index is 12.3. The number of hydrogen-bond donors (Lipinski definition) is 2. The van der Waals surface area contributed by atoms with Crippen molar-refractivity contribution in [1.82, 2.24) is 10.2 Å². The molecule has 2 aliphatic rings. The third-order valence-corrected chi connectivity index (χ3v) is 5.10. The first-order valence-corrected chi connectivity index (χ1v) is 8.46. The summed E-state index contributed by atoms with van der Waals surface area (Å²) in [6.45, 7) is 0.869. The average molecular weight is 316 g/mol. The molecule has 3 rings (SSSR count). The molecule has 2 amide bonds. The van der Waals surface area contributed by atoms with Crippen LogP contribution in [-0.2, 0) is 4.79 Å². The van der Waals surface area contributed by atoms with Gasteiger partial charge >= 0.3 is 12.0 Å². The molecule has 2 fully saturated rings. The summed E-state index contributed by atoms with van der Waals surface area (Å²) in [5.74, 6) is -0.716.